The average Bonchev–Trinajstić information content (AvgIpc) is 2.80. The fourth-order valence-electron chi connectivity index (χ4n) is 3.70. The van der Waals surface area contributed by atoms with Gasteiger partial charge in [0, 0.05) is 5.92 Å². The van der Waals surface area contributed by atoms with E-state index in [1.165, 1.54) is 38.6 Å². The van der Waals surface area contributed by atoms with Crippen LogP contribution in [0.25, 0.3) is 21.9 Å². The number of benzene rings is 3. The molecule has 1 aliphatic rings. The van der Waals surface area contributed by atoms with E-state index in [1.807, 2.05) is 0 Å². The van der Waals surface area contributed by atoms with E-state index < -0.39 is 0 Å². The SMILES string of the molecule is CCC1c2cc(C)ccc2-c2ccc3ccccc3c21. The standard InChI is InChI=1S/C20H18/c1-3-15-19-12-13(2)8-10-17(19)18-11-9-14-6-4-5-7-16(14)20(15)18/h4-12,15H,3H2,1-2H3. The van der Waals surface area contributed by atoms with Gasteiger partial charge in [-0.1, -0.05) is 67.1 Å². The van der Waals surface area contributed by atoms with Crippen LogP contribution < -0.4 is 0 Å². The molecule has 0 fully saturated rings. The molecule has 1 unspecified atom stereocenters. The van der Waals surface area contributed by atoms with E-state index in [9.17, 15) is 0 Å². The molecule has 0 saturated carbocycles. The van der Waals surface area contributed by atoms with Gasteiger partial charge in [0.25, 0.3) is 0 Å². The van der Waals surface area contributed by atoms with Crippen LogP contribution in [-0.2, 0) is 0 Å². The van der Waals surface area contributed by atoms with Gasteiger partial charge in [-0.15, -0.1) is 0 Å². The van der Waals surface area contributed by atoms with Crippen LogP contribution >= 0.6 is 0 Å². The summed E-state index contributed by atoms with van der Waals surface area (Å²) >= 11 is 0. The molecule has 4 rings (SSSR count). The van der Waals surface area contributed by atoms with E-state index in [2.05, 4.69) is 68.4 Å². The number of fused-ring (bicyclic) bond motifs is 5. The molecule has 0 bridgehead atoms. The van der Waals surface area contributed by atoms with Crippen LogP contribution in [0.15, 0.2) is 54.6 Å². The van der Waals surface area contributed by atoms with Gasteiger partial charge in [-0.25, -0.2) is 0 Å². The van der Waals surface area contributed by atoms with E-state index in [1.54, 1.807) is 0 Å². The van der Waals surface area contributed by atoms with E-state index in [-0.39, 0.29) is 0 Å². The molecule has 1 atom stereocenters. The third-order valence-electron chi connectivity index (χ3n) is 4.60. The Labute approximate surface area is 120 Å². The third-order valence-corrected chi connectivity index (χ3v) is 4.60. The Morgan fingerprint density at radius 3 is 2.55 bits per heavy atom. The highest BCUT2D eigenvalue weighted by atomic mass is 14.3. The molecule has 0 heteroatoms. The molecule has 0 N–H and O–H groups in total. The first-order valence-electron chi connectivity index (χ1n) is 7.42. The third kappa shape index (κ3) is 1.48. The Balaban J connectivity index is 2.11. The Morgan fingerprint density at radius 2 is 1.70 bits per heavy atom. The van der Waals surface area contributed by atoms with E-state index in [4.69, 9.17) is 0 Å². The van der Waals surface area contributed by atoms with Gasteiger partial charge in [-0.3, -0.25) is 0 Å². The zero-order chi connectivity index (χ0) is 13.7. The van der Waals surface area contributed by atoms with Crippen LogP contribution in [0.3, 0.4) is 0 Å². The van der Waals surface area contributed by atoms with Gasteiger partial charge in [0.1, 0.15) is 0 Å². The van der Waals surface area contributed by atoms with Crippen molar-refractivity contribution in [2.45, 2.75) is 26.2 Å². The lowest BCUT2D eigenvalue weighted by Crippen LogP contribution is -1.95. The summed E-state index contributed by atoms with van der Waals surface area (Å²) < 4.78 is 0. The molecule has 3 aromatic carbocycles. The summed E-state index contributed by atoms with van der Waals surface area (Å²) in [5.41, 5.74) is 7.28. The van der Waals surface area contributed by atoms with Crippen molar-refractivity contribution in [3.63, 3.8) is 0 Å². The molecule has 0 spiro atoms. The first-order chi connectivity index (χ1) is 9.79. The lowest BCUT2D eigenvalue weighted by atomic mass is 9.90. The van der Waals surface area contributed by atoms with Gasteiger partial charge >= 0.3 is 0 Å². The molecule has 3 aromatic rings. The smallest absolute Gasteiger partial charge is 0.0105 e. The molecule has 0 radical (unpaired) electrons. The first kappa shape index (κ1) is 11.7. The fraction of sp³-hybridized carbons (Fsp3) is 0.200. The normalized spacial score (nSPS) is 16.2. The van der Waals surface area contributed by atoms with Gasteiger partial charge in [0.05, 0.1) is 0 Å². The molecular formula is C20H18. The summed E-state index contributed by atoms with van der Waals surface area (Å²) in [6.45, 7) is 4.49. The predicted octanol–water partition coefficient (Wildman–Crippen LogP) is 5.67. The summed E-state index contributed by atoms with van der Waals surface area (Å²) in [7, 11) is 0. The maximum absolute atomic E-state index is 2.37. The van der Waals surface area contributed by atoms with Gasteiger partial charge in [0.15, 0.2) is 0 Å². The fourth-order valence-corrected chi connectivity index (χ4v) is 3.70. The zero-order valence-corrected chi connectivity index (χ0v) is 12.0. The summed E-state index contributed by atoms with van der Waals surface area (Å²) in [6.07, 6.45) is 1.16. The van der Waals surface area contributed by atoms with Crippen molar-refractivity contribution in [3.05, 3.63) is 71.3 Å². The molecule has 98 valence electrons. The van der Waals surface area contributed by atoms with Crippen LogP contribution in [-0.4, -0.2) is 0 Å². The molecule has 0 nitrogen and oxygen atoms in total. The van der Waals surface area contributed by atoms with E-state index in [0.29, 0.717) is 5.92 Å². The predicted molar refractivity (Wildman–Crippen MR) is 86.3 cm³/mol. The molecule has 0 amide bonds. The Morgan fingerprint density at radius 1 is 0.900 bits per heavy atom. The van der Waals surface area contributed by atoms with Crippen LogP contribution in [0.1, 0.15) is 36.0 Å². The topological polar surface area (TPSA) is 0 Å². The lowest BCUT2D eigenvalue weighted by Gasteiger charge is -2.13. The van der Waals surface area contributed by atoms with Gasteiger partial charge < -0.3 is 0 Å². The van der Waals surface area contributed by atoms with E-state index in [0.717, 1.165) is 6.42 Å². The van der Waals surface area contributed by atoms with Crippen LogP contribution in [0.5, 0.6) is 0 Å². The number of aryl methyl sites for hydroxylation is 1. The van der Waals surface area contributed by atoms with Crippen molar-refractivity contribution in [1.29, 1.82) is 0 Å². The Bertz CT molecular complexity index is 811. The van der Waals surface area contributed by atoms with Crippen LogP contribution in [0, 0.1) is 6.92 Å². The first-order valence-corrected chi connectivity index (χ1v) is 7.42. The van der Waals surface area contributed by atoms with E-state index >= 15 is 0 Å². The van der Waals surface area contributed by atoms with Gasteiger partial charge in [-0.05, 0) is 46.4 Å². The summed E-state index contributed by atoms with van der Waals surface area (Å²) in [5, 5.41) is 2.78. The Kier molecular flexibility index (Phi) is 2.47. The van der Waals surface area contributed by atoms with Crippen molar-refractivity contribution in [2.75, 3.05) is 0 Å². The van der Waals surface area contributed by atoms with Crippen molar-refractivity contribution < 1.29 is 0 Å². The van der Waals surface area contributed by atoms with Crippen molar-refractivity contribution >= 4 is 10.8 Å². The molecule has 0 aliphatic heterocycles. The van der Waals surface area contributed by atoms with Crippen LogP contribution in [0.4, 0.5) is 0 Å². The molecule has 0 heterocycles. The highest BCUT2D eigenvalue weighted by molar-refractivity contribution is 5.96. The summed E-state index contributed by atoms with van der Waals surface area (Å²) in [5.74, 6) is 0.547. The number of rotatable bonds is 1. The molecular weight excluding hydrogens is 240 g/mol. The minimum Gasteiger partial charge on any atom is -0.0645 e. The summed E-state index contributed by atoms with van der Waals surface area (Å²) in [6, 6.07) is 20.2. The number of hydrogen-bond acceptors (Lipinski definition) is 0. The van der Waals surface area contributed by atoms with Crippen molar-refractivity contribution in [2.24, 2.45) is 0 Å². The van der Waals surface area contributed by atoms with Gasteiger partial charge in [0.2, 0.25) is 0 Å². The molecule has 0 saturated heterocycles. The van der Waals surface area contributed by atoms with Gasteiger partial charge in [-0.2, -0.15) is 0 Å². The van der Waals surface area contributed by atoms with Crippen LogP contribution in [0.2, 0.25) is 0 Å². The minimum absolute atomic E-state index is 0.547. The average molecular weight is 258 g/mol. The second kappa shape index (κ2) is 4.21. The molecule has 20 heavy (non-hydrogen) atoms. The monoisotopic (exact) mass is 258 g/mol. The Hall–Kier alpha value is -2.08. The molecule has 1 aliphatic carbocycles. The zero-order valence-electron chi connectivity index (χ0n) is 12.0. The van der Waals surface area contributed by atoms with Crippen molar-refractivity contribution in [3.8, 4) is 11.1 Å². The minimum atomic E-state index is 0.547. The number of hydrogen-bond donors (Lipinski definition) is 0. The lowest BCUT2D eigenvalue weighted by molar-refractivity contribution is 0.802. The second-order valence-electron chi connectivity index (χ2n) is 5.80. The molecule has 0 aromatic heterocycles. The highest BCUT2D eigenvalue weighted by Gasteiger charge is 2.28. The maximum Gasteiger partial charge on any atom is 0.0105 e. The summed E-state index contributed by atoms with van der Waals surface area (Å²) in [4.78, 5) is 0. The highest BCUT2D eigenvalue weighted by Crippen LogP contribution is 2.49. The van der Waals surface area contributed by atoms with Crippen molar-refractivity contribution in [1.82, 2.24) is 0 Å². The quantitative estimate of drug-likeness (QED) is 0.527. The second-order valence-corrected chi connectivity index (χ2v) is 5.80. The maximum atomic E-state index is 2.37. The largest absolute Gasteiger partial charge is 0.0645 e.